The second-order valence-corrected chi connectivity index (χ2v) is 2.96. The van der Waals surface area contributed by atoms with E-state index in [2.05, 4.69) is 6.42 Å². The minimum atomic E-state index is -0.186. The predicted octanol–water partition coefficient (Wildman–Crippen LogP) is 1.44. The number of nitrogens with zero attached hydrogens (tertiary/aromatic N) is 1. The van der Waals surface area contributed by atoms with Crippen LogP contribution < -0.4 is 0 Å². The summed E-state index contributed by atoms with van der Waals surface area (Å²) in [5.41, 5.74) is 0. The third-order valence-electron chi connectivity index (χ3n) is 1.55. The van der Waals surface area contributed by atoms with Gasteiger partial charge >= 0.3 is 6.09 Å². The van der Waals surface area contributed by atoms with Crippen molar-refractivity contribution in [1.82, 2.24) is 4.90 Å². The average Bonchev–Trinajstić information content (AvgIpc) is 2.35. The van der Waals surface area contributed by atoms with E-state index in [-0.39, 0.29) is 12.2 Å². The molecule has 0 aromatic rings. The Balaban J connectivity index is 2.28. The number of likely N-dealkylation sites (tertiary alicyclic amines) is 1. The number of hydrogen-bond acceptors (Lipinski definition) is 2. The van der Waals surface area contributed by atoms with Crippen LogP contribution in [0.4, 0.5) is 4.79 Å². The van der Waals surface area contributed by atoms with Crippen molar-refractivity contribution in [3.05, 3.63) is 6.42 Å². The van der Waals surface area contributed by atoms with Gasteiger partial charge in [-0.2, -0.15) is 0 Å². The largest absolute Gasteiger partial charge is 0.447 e. The molecule has 0 N–H and O–H groups in total. The van der Waals surface area contributed by atoms with Crippen molar-refractivity contribution in [1.29, 1.82) is 0 Å². The predicted molar refractivity (Wildman–Crippen MR) is 42.1 cm³/mol. The fourth-order valence-electron chi connectivity index (χ4n) is 1.03. The number of amides is 1. The summed E-state index contributed by atoms with van der Waals surface area (Å²) in [5, 5.41) is 0. The number of carbonyl (C=O) groups is 1. The highest BCUT2D eigenvalue weighted by molar-refractivity contribution is 5.68. The van der Waals surface area contributed by atoms with Gasteiger partial charge in [-0.1, -0.05) is 0 Å². The molecule has 63 valence electrons. The standard InChI is InChI=1S/C8H14NO2/c1-7(2)11-8(10)9-5-3-4-6-9/h3,7H,4-6H2,1-2H3. The van der Waals surface area contributed by atoms with Gasteiger partial charge in [0.15, 0.2) is 0 Å². The van der Waals surface area contributed by atoms with Crippen molar-refractivity contribution >= 4 is 6.09 Å². The summed E-state index contributed by atoms with van der Waals surface area (Å²) in [7, 11) is 0. The summed E-state index contributed by atoms with van der Waals surface area (Å²) in [4.78, 5) is 12.8. The zero-order valence-corrected chi connectivity index (χ0v) is 7.04. The third kappa shape index (κ3) is 2.41. The maximum atomic E-state index is 11.1. The molecule has 1 fully saturated rings. The Bertz CT molecular complexity index is 139. The summed E-state index contributed by atoms with van der Waals surface area (Å²) in [6, 6.07) is 0. The molecule has 1 heterocycles. The summed E-state index contributed by atoms with van der Waals surface area (Å²) in [6.45, 7) is 5.27. The van der Waals surface area contributed by atoms with E-state index in [1.807, 2.05) is 13.8 Å². The Morgan fingerprint density at radius 2 is 2.36 bits per heavy atom. The molecule has 1 radical (unpaired) electrons. The van der Waals surface area contributed by atoms with E-state index in [1.165, 1.54) is 0 Å². The molecule has 0 aromatic heterocycles. The molecule has 0 aliphatic carbocycles. The SMILES string of the molecule is CC(C)OC(=O)N1C[CH]CC1. The van der Waals surface area contributed by atoms with Crippen LogP contribution in [0, 0.1) is 6.42 Å². The van der Waals surface area contributed by atoms with Gasteiger partial charge in [0.2, 0.25) is 0 Å². The lowest BCUT2D eigenvalue weighted by Gasteiger charge is -2.16. The first-order valence-electron chi connectivity index (χ1n) is 3.97. The second kappa shape index (κ2) is 3.60. The van der Waals surface area contributed by atoms with Gasteiger partial charge in [0.25, 0.3) is 0 Å². The van der Waals surface area contributed by atoms with Gasteiger partial charge in [-0.25, -0.2) is 4.79 Å². The van der Waals surface area contributed by atoms with Gasteiger partial charge in [0.1, 0.15) is 0 Å². The zero-order valence-electron chi connectivity index (χ0n) is 7.04. The zero-order chi connectivity index (χ0) is 8.27. The Morgan fingerprint density at radius 3 is 2.82 bits per heavy atom. The number of hydrogen-bond donors (Lipinski definition) is 0. The Kier molecular flexibility index (Phi) is 2.74. The first kappa shape index (κ1) is 8.37. The molecule has 0 spiro atoms. The number of ether oxygens (including phenoxy) is 1. The summed E-state index contributed by atoms with van der Waals surface area (Å²) >= 11 is 0. The second-order valence-electron chi connectivity index (χ2n) is 2.96. The van der Waals surface area contributed by atoms with Crippen LogP contribution in [0.3, 0.4) is 0 Å². The molecule has 3 heteroatoms. The van der Waals surface area contributed by atoms with Crippen LogP contribution in [0.5, 0.6) is 0 Å². The minimum Gasteiger partial charge on any atom is -0.447 e. The molecule has 0 unspecified atom stereocenters. The van der Waals surface area contributed by atoms with Gasteiger partial charge in [-0.15, -0.1) is 0 Å². The smallest absolute Gasteiger partial charge is 0.410 e. The fraction of sp³-hybridized carbons (Fsp3) is 0.750. The van der Waals surface area contributed by atoms with Crippen LogP contribution in [0.1, 0.15) is 20.3 Å². The van der Waals surface area contributed by atoms with Gasteiger partial charge in [0, 0.05) is 13.1 Å². The van der Waals surface area contributed by atoms with E-state index in [1.54, 1.807) is 4.90 Å². The molecule has 0 bridgehead atoms. The third-order valence-corrected chi connectivity index (χ3v) is 1.55. The van der Waals surface area contributed by atoms with Crippen molar-refractivity contribution in [3.8, 4) is 0 Å². The van der Waals surface area contributed by atoms with Crippen molar-refractivity contribution in [2.24, 2.45) is 0 Å². The molecule has 1 saturated heterocycles. The normalized spacial score (nSPS) is 17.5. The first-order valence-corrected chi connectivity index (χ1v) is 3.97. The van der Waals surface area contributed by atoms with Crippen LogP contribution in [0.25, 0.3) is 0 Å². The highest BCUT2D eigenvalue weighted by Crippen LogP contribution is 2.08. The summed E-state index contributed by atoms with van der Waals surface area (Å²) in [5.74, 6) is 0. The van der Waals surface area contributed by atoms with Gasteiger partial charge in [-0.05, 0) is 26.7 Å². The van der Waals surface area contributed by atoms with E-state index < -0.39 is 0 Å². The van der Waals surface area contributed by atoms with E-state index >= 15 is 0 Å². The maximum Gasteiger partial charge on any atom is 0.410 e. The molecule has 3 nitrogen and oxygen atoms in total. The molecule has 0 aromatic carbocycles. The molecule has 1 aliphatic rings. The topological polar surface area (TPSA) is 29.5 Å². The van der Waals surface area contributed by atoms with Crippen LogP contribution >= 0.6 is 0 Å². The summed E-state index contributed by atoms with van der Waals surface area (Å²) < 4.78 is 5.00. The van der Waals surface area contributed by atoms with E-state index in [9.17, 15) is 4.79 Å². The van der Waals surface area contributed by atoms with E-state index in [4.69, 9.17) is 4.74 Å². The molecular weight excluding hydrogens is 142 g/mol. The molecular formula is C8H14NO2. The monoisotopic (exact) mass is 156 g/mol. The first-order chi connectivity index (χ1) is 5.20. The van der Waals surface area contributed by atoms with Crippen LogP contribution in [-0.2, 0) is 4.74 Å². The lowest BCUT2D eigenvalue weighted by molar-refractivity contribution is 0.0843. The Morgan fingerprint density at radius 1 is 1.64 bits per heavy atom. The van der Waals surface area contributed by atoms with Crippen LogP contribution in [0.15, 0.2) is 0 Å². The number of rotatable bonds is 1. The molecule has 1 rings (SSSR count). The Labute approximate surface area is 67.3 Å². The van der Waals surface area contributed by atoms with E-state index in [0.29, 0.717) is 0 Å². The summed E-state index contributed by atoms with van der Waals surface area (Å²) in [6.07, 6.45) is 2.88. The lowest BCUT2D eigenvalue weighted by atomic mass is 10.4. The van der Waals surface area contributed by atoms with E-state index in [0.717, 1.165) is 19.5 Å². The van der Waals surface area contributed by atoms with Crippen molar-refractivity contribution in [2.45, 2.75) is 26.4 Å². The maximum absolute atomic E-state index is 11.1. The highest BCUT2D eigenvalue weighted by atomic mass is 16.6. The van der Waals surface area contributed by atoms with Crippen molar-refractivity contribution < 1.29 is 9.53 Å². The Hall–Kier alpha value is -0.730. The van der Waals surface area contributed by atoms with Crippen molar-refractivity contribution in [3.63, 3.8) is 0 Å². The highest BCUT2D eigenvalue weighted by Gasteiger charge is 2.19. The van der Waals surface area contributed by atoms with Crippen LogP contribution in [0.2, 0.25) is 0 Å². The quantitative estimate of drug-likeness (QED) is 0.575. The fourth-order valence-corrected chi connectivity index (χ4v) is 1.03. The molecule has 11 heavy (non-hydrogen) atoms. The molecule has 1 aliphatic heterocycles. The van der Waals surface area contributed by atoms with Gasteiger partial charge < -0.3 is 9.64 Å². The molecule has 1 amide bonds. The van der Waals surface area contributed by atoms with Crippen LogP contribution in [-0.4, -0.2) is 30.2 Å². The minimum absolute atomic E-state index is 0.0110. The van der Waals surface area contributed by atoms with Gasteiger partial charge in [0.05, 0.1) is 6.10 Å². The van der Waals surface area contributed by atoms with Gasteiger partial charge in [-0.3, -0.25) is 0 Å². The molecule has 0 saturated carbocycles. The van der Waals surface area contributed by atoms with Crippen molar-refractivity contribution in [2.75, 3.05) is 13.1 Å². The average molecular weight is 156 g/mol. The lowest BCUT2D eigenvalue weighted by Crippen LogP contribution is -2.30. The number of carbonyl (C=O) groups excluding carboxylic acids is 1. The molecule has 0 atom stereocenters.